The smallest absolute Gasteiger partial charge is 0.339 e. The number of nitrogens with zero attached hydrogens (tertiary/aromatic N) is 2. The Morgan fingerprint density at radius 1 is 1.08 bits per heavy atom. The summed E-state index contributed by atoms with van der Waals surface area (Å²) in [7, 11) is -2.73. The van der Waals surface area contributed by atoms with E-state index in [1.54, 1.807) is 30.5 Å². The van der Waals surface area contributed by atoms with Crippen molar-refractivity contribution in [2.24, 2.45) is 4.36 Å². The molecule has 0 saturated heterocycles. The van der Waals surface area contributed by atoms with E-state index in [9.17, 15) is 9.00 Å². The Kier molecular flexibility index (Phi) is 4.19. The Hall–Kier alpha value is -2.91. The molecule has 6 heteroatoms. The quantitative estimate of drug-likeness (QED) is 0.636. The monoisotopic (exact) mass is 338 g/mol. The summed E-state index contributed by atoms with van der Waals surface area (Å²) < 4.78 is 20.9. The Morgan fingerprint density at radius 2 is 1.75 bits per heavy atom. The highest BCUT2D eigenvalue weighted by atomic mass is 32.2. The van der Waals surface area contributed by atoms with Crippen LogP contribution in [0.15, 0.2) is 63.9 Å². The first-order valence-corrected chi connectivity index (χ1v) is 9.11. The molecule has 2 aromatic rings. The van der Waals surface area contributed by atoms with E-state index < -0.39 is 9.73 Å². The second-order valence-electron chi connectivity index (χ2n) is 5.31. The molecule has 0 unspecified atom stereocenters. The summed E-state index contributed by atoms with van der Waals surface area (Å²) in [6, 6.07) is 16.2. The average Bonchev–Trinajstić information content (AvgIpc) is 2.97. The van der Waals surface area contributed by atoms with Gasteiger partial charge < -0.3 is 4.74 Å². The molecule has 5 nitrogen and oxygen atoms in total. The molecule has 1 atom stereocenters. The summed E-state index contributed by atoms with van der Waals surface area (Å²) in [5.41, 5.74) is 2.95. The number of esters is 1. The summed E-state index contributed by atoms with van der Waals surface area (Å²) in [6.45, 7) is 0.201. The lowest BCUT2D eigenvalue weighted by Crippen LogP contribution is -1.98. The molecule has 0 fully saturated rings. The maximum Gasteiger partial charge on any atom is 0.339 e. The number of rotatable bonds is 3. The van der Waals surface area contributed by atoms with Gasteiger partial charge in [0.2, 0.25) is 6.19 Å². The fraction of sp³-hybridized carbons (Fsp3) is 0.111. The van der Waals surface area contributed by atoms with Crippen molar-refractivity contribution in [2.75, 3.05) is 12.9 Å². The molecule has 0 aromatic heterocycles. The Balaban J connectivity index is 2.07. The lowest BCUT2D eigenvalue weighted by atomic mass is 9.97. The van der Waals surface area contributed by atoms with E-state index in [0.717, 1.165) is 16.7 Å². The van der Waals surface area contributed by atoms with E-state index in [2.05, 4.69) is 4.36 Å². The maximum atomic E-state index is 12.3. The van der Waals surface area contributed by atoms with E-state index >= 15 is 0 Å². The summed E-state index contributed by atoms with van der Waals surface area (Å²) in [5, 5.41) is 8.62. The zero-order chi connectivity index (χ0) is 17.2. The molecule has 120 valence electrons. The predicted octanol–water partition coefficient (Wildman–Crippen LogP) is 3.09. The van der Waals surface area contributed by atoms with Crippen LogP contribution in [0.25, 0.3) is 11.1 Å². The molecular weight excluding hydrogens is 324 g/mol. The summed E-state index contributed by atoms with van der Waals surface area (Å²) in [4.78, 5) is 12.6. The van der Waals surface area contributed by atoms with E-state index in [0.29, 0.717) is 10.5 Å². The molecule has 0 bridgehead atoms. The first kappa shape index (κ1) is 16.0. The summed E-state index contributed by atoms with van der Waals surface area (Å²) >= 11 is 0. The van der Waals surface area contributed by atoms with Crippen LogP contribution in [0.5, 0.6) is 0 Å². The van der Waals surface area contributed by atoms with Crippen LogP contribution in [0.3, 0.4) is 0 Å². The van der Waals surface area contributed by atoms with Crippen LogP contribution >= 0.6 is 0 Å². The van der Waals surface area contributed by atoms with Crippen LogP contribution in [0.4, 0.5) is 0 Å². The number of benzene rings is 2. The van der Waals surface area contributed by atoms with Gasteiger partial charge in [0, 0.05) is 16.7 Å². The van der Waals surface area contributed by atoms with Crippen molar-refractivity contribution in [3.8, 4) is 6.19 Å². The van der Waals surface area contributed by atoms with Crippen molar-refractivity contribution < 1.29 is 13.7 Å². The maximum absolute atomic E-state index is 12.3. The summed E-state index contributed by atoms with van der Waals surface area (Å²) in [6.07, 6.45) is 3.00. The molecule has 24 heavy (non-hydrogen) atoms. The lowest BCUT2D eigenvalue weighted by molar-refractivity contribution is -0.133. The van der Waals surface area contributed by atoms with Gasteiger partial charge in [-0.15, -0.1) is 4.36 Å². The Morgan fingerprint density at radius 3 is 2.38 bits per heavy atom. The number of carbonyl (C=O) groups is 1. The van der Waals surface area contributed by atoms with Gasteiger partial charge in [0.1, 0.15) is 6.61 Å². The van der Waals surface area contributed by atoms with Crippen molar-refractivity contribution in [3.63, 3.8) is 0 Å². The van der Waals surface area contributed by atoms with Gasteiger partial charge in [0.25, 0.3) is 0 Å². The van der Waals surface area contributed by atoms with Gasteiger partial charge in [-0.1, -0.05) is 42.5 Å². The van der Waals surface area contributed by atoms with Crippen LogP contribution in [0.1, 0.15) is 11.1 Å². The number of cyclic esters (lactones) is 1. The second kappa shape index (κ2) is 6.30. The molecule has 0 radical (unpaired) electrons. The van der Waals surface area contributed by atoms with Crippen molar-refractivity contribution in [3.05, 3.63) is 65.7 Å². The molecule has 0 aliphatic carbocycles. The van der Waals surface area contributed by atoms with Crippen LogP contribution < -0.4 is 0 Å². The molecule has 0 spiro atoms. The van der Waals surface area contributed by atoms with E-state index in [1.807, 2.05) is 30.3 Å². The van der Waals surface area contributed by atoms with E-state index in [1.165, 1.54) is 6.26 Å². The minimum absolute atomic E-state index is 0.201. The fourth-order valence-electron chi connectivity index (χ4n) is 2.57. The Labute approximate surface area is 140 Å². The molecule has 2 aromatic carbocycles. The number of ether oxygens (including phenoxy) is 1. The largest absolute Gasteiger partial charge is 0.457 e. The van der Waals surface area contributed by atoms with Crippen LogP contribution in [0.2, 0.25) is 0 Å². The SMILES string of the molecule is C[S@](=O)(=NC#N)c1ccc(C2=C(c3ccccc3)C(=O)OC2)cc1. The molecular formula is C18H14N2O3S. The lowest BCUT2D eigenvalue weighted by Gasteiger charge is -2.07. The normalized spacial score (nSPS) is 16.2. The minimum Gasteiger partial charge on any atom is -0.457 e. The molecule has 0 amide bonds. The van der Waals surface area contributed by atoms with Gasteiger partial charge in [-0.25, -0.2) is 9.00 Å². The van der Waals surface area contributed by atoms with Gasteiger partial charge in [0.05, 0.1) is 15.3 Å². The number of hydrogen-bond donors (Lipinski definition) is 0. The van der Waals surface area contributed by atoms with Crippen LogP contribution in [0, 0.1) is 11.5 Å². The van der Waals surface area contributed by atoms with Crippen LogP contribution in [-0.2, 0) is 19.3 Å². The topological polar surface area (TPSA) is 79.5 Å². The van der Waals surface area contributed by atoms with Crippen molar-refractivity contribution >= 4 is 26.8 Å². The third kappa shape index (κ3) is 2.94. The summed E-state index contributed by atoms with van der Waals surface area (Å²) in [5.74, 6) is -0.348. The fourth-order valence-corrected chi connectivity index (χ4v) is 3.47. The highest BCUT2D eigenvalue weighted by Gasteiger charge is 2.27. The standard InChI is InChI=1S/C18H14N2O3S/c1-24(22,20-12-19)15-9-7-13(8-10-15)16-11-23-18(21)17(16)14-5-3-2-4-6-14/h2-10H,11H2,1H3/t24-/m1/s1. The van der Waals surface area contributed by atoms with Crippen LogP contribution in [-0.4, -0.2) is 23.0 Å². The van der Waals surface area contributed by atoms with Gasteiger partial charge in [0.15, 0.2) is 0 Å². The van der Waals surface area contributed by atoms with Gasteiger partial charge in [-0.3, -0.25) is 0 Å². The van der Waals surface area contributed by atoms with Crippen molar-refractivity contribution in [1.29, 1.82) is 5.26 Å². The zero-order valence-electron chi connectivity index (χ0n) is 12.9. The Bertz CT molecular complexity index is 977. The molecule has 1 aliphatic rings. The van der Waals surface area contributed by atoms with Gasteiger partial charge in [-0.2, -0.15) is 5.26 Å². The zero-order valence-corrected chi connectivity index (χ0v) is 13.7. The van der Waals surface area contributed by atoms with Gasteiger partial charge >= 0.3 is 5.97 Å². The highest BCUT2D eigenvalue weighted by molar-refractivity contribution is 7.93. The number of hydrogen-bond acceptors (Lipinski definition) is 5. The number of carbonyl (C=O) groups excluding carboxylic acids is 1. The first-order chi connectivity index (χ1) is 11.5. The molecule has 1 heterocycles. The van der Waals surface area contributed by atoms with E-state index in [4.69, 9.17) is 10.00 Å². The van der Waals surface area contributed by atoms with Crippen molar-refractivity contribution in [1.82, 2.24) is 0 Å². The highest BCUT2D eigenvalue weighted by Crippen LogP contribution is 2.33. The van der Waals surface area contributed by atoms with Crippen molar-refractivity contribution in [2.45, 2.75) is 4.90 Å². The third-order valence-electron chi connectivity index (χ3n) is 3.77. The second-order valence-corrected chi connectivity index (χ2v) is 7.57. The minimum atomic E-state index is -2.73. The van der Waals surface area contributed by atoms with E-state index in [-0.39, 0.29) is 12.6 Å². The average molecular weight is 338 g/mol. The predicted molar refractivity (Wildman–Crippen MR) is 91.0 cm³/mol. The molecule has 0 N–H and O–H groups in total. The number of nitriles is 1. The molecule has 1 aliphatic heterocycles. The first-order valence-electron chi connectivity index (χ1n) is 7.19. The van der Waals surface area contributed by atoms with Gasteiger partial charge in [-0.05, 0) is 23.3 Å². The molecule has 0 saturated carbocycles. The molecule has 3 rings (SSSR count). The third-order valence-corrected chi connectivity index (χ3v) is 5.35.